The van der Waals surface area contributed by atoms with Crippen molar-refractivity contribution in [3.8, 4) is 0 Å². The number of nitro groups is 1. The second kappa shape index (κ2) is 5.23. The van der Waals surface area contributed by atoms with Gasteiger partial charge < -0.3 is 10.2 Å². The van der Waals surface area contributed by atoms with Crippen LogP contribution in [0.25, 0.3) is 6.08 Å². The number of nitrogens with zero attached hydrogens (tertiary/aromatic N) is 1. The molecule has 0 unspecified atom stereocenters. The summed E-state index contributed by atoms with van der Waals surface area (Å²) < 4.78 is 0. The van der Waals surface area contributed by atoms with E-state index in [-0.39, 0.29) is 13.2 Å². The van der Waals surface area contributed by atoms with Gasteiger partial charge in [0.25, 0.3) is 0 Å². The molecule has 2 N–H and O–H groups in total. The van der Waals surface area contributed by atoms with Gasteiger partial charge in [0.05, 0.1) is 18.1 Å². The van der Waals surface area contributed by atoms with Gasteiger partial charge in [-0.2, -0.15) is 0 Å². The van der Waals surface area contributed by atoms with Crippen molar-refractivity contribution < 1.29 is 15.1 Å². The lowest BCUT2D eigenvalue weighted by Crippen LogP contribution is -1.94. The highest BCUT2D eigenvalue weighted by molar-refractivity contribution is 5.50. The molecule has 0 atom stereocenters. The second-order valence-electron chi connectivity index (χ2n) is 2.95. The van der Waals surface area contributed by atoms with Crippen LogP contribution in [0, 0.1) is 10.1 Å². The van der Waals surface area contributed by atoms with E-state index in [9.17, 15) is 10.1 Å². The van der Waals surface area contributed by atoms with Crippen LogP contribution in [0.2, 0.25) is 0 Å². The Labute approximate surface area is 86.4 Å². The van der Waals surface area contributed by atoms with E-state index < -0.39 is 4.92 Å². The van der Waals surface area contributed by atoms with E-state index in [1.54, 1.807) is 18.2 Å². The maximum absolute atomic E-state index is 10.1. The first-order valence-electron chi connectivity index (χ1n) is 4.32. The van der Waals surface area contributed by atoms with Gasteiger partial charge in [-0.25, -0.2) is 0 Å². The van der Waals surface area contributed by atoms with Crippen molar-refractivity contribution in [1.29, 1.82) is 0 Å². The highest BCUT2D eigenvalue weighted by Gasteiger charge is 2.01. The van der Waals surface area contributed by atoms with E-state index in [1.807, 2.05) is 0 Å². The second-order valence-corrected chi connectivity index (χ2v) is 2.95. The Kier molecular flexibility index (Phi) is 3.96. The van der Waals surface area contributed by atoms with Gasteiger partial charge >= 0.3 is 0 Å². The van der Waals surface area contributed by atoms with Gasteiger partial charge in [-0.15, -0.1) is 0 Å². The Hall–Kier alpha value is -1.72. The van der Waals surface area contributed by atoms with Gasteiger partial charge in [-0.3, -0.25) is 10.1 Å². The Bertz CT molecular complexity index is 387. The van der Waals surface area contributed by atoms with Crippen LogP contribution < -0.4 is 0 Å². The molecule has 0 saturated carbocycles. The van der Waals surface area contributed by atoms with Crippen molar-refractivity contribution in [2.45, 2.75) is 13.2 Å². The molecule has 0 aliphatic carbocycles. The molecule has 0 saturated heterocycles. The van der Waals surface area contributed by atoms with Gasteiger partial charge in [0, 0.05) is 6.08 Å². The lowest BCUT2D eigenvalue weighted by atomic mass is 10.0. The largest absolute Gasteiger partial charge is 0.392 e. The van der Waals surface area contributed by atoms with Crippen molar-refractivity contribution in [2.24, 2.45) is 0 Å². The fourth-order valence-corrected chi connectivity index (χ4v) is 1.20. The Morgan fingerprint density at radius 1 is 1.27 bits per heavy atom. The molecule has 0 bridgehead atoms. The maximum Gasteiger partial charge on any atom is 0.235 e. The summed E-state index contributed by atoms with van der Waals surface area (Å²) in [4.78, 5) is 9.52. The molecule has 0 heterocycles. The number of benzene rings is 1. The van der Waals surface area contributed by atoms with Crippen LogP contribution in [0.1, 0.15) is 16.7 Å². The summed E-state index contributed by atoms with van der Waals surface area (Å²) >= 11 is 0. The van der Waals surface area contributed by atoms with Crippen LogP contribution in [0.15, 0.2) is 24.4 Å². The van der Waals surface area contributed by atoms with Crippen LogP contribution in [-0.2, 0) is 13.2 Å². The minimum atomic E-state index is -0.557. The summed E-state index contributed by atoms with van der Waals surface area (Å²) in [6, 6.07) is 4.88. The van der Waals surface area contributed by atoms with E-state index in [1.165, 1.54) is 6.08 Å². The van der Waals surface area contributed by atoms with E-state index in [4.69, 9.17) is 10.2 Å². The highest BCUT2D eigenvalue weighted by atomic mass is 16.6. The molecule has 80 valence electrons. The first-order chi connectivity index (χ1) is 7.17. The molecule has 1 aromatic carbocycles. The molecule has 0 fully saturated rings. The lowest BCUT2D eigenvalue weighted by Gasteiger charge is -2.04. The highest BCUT2D eigenvalue weighted by Crippen LogP contribution is 2.13. The normalized spacial score (nSPS) is 10.8. The van der Waals surface area contributed by atoms with Crippen LogP contribution in [0.5, 0.6) is 0 Å². The predicted molar refractivity (Wildman–Crippen MR) is 54.3 cm³/mol. The van der Waals surface area contributed by atoms with Gasteiger partial charge in [0.15, 0.2) is 0 Å². The molecule has 0 radical (unpaired) electrons. The standard InChI is InChI=1S/C10H11NO4/c12-6-9-2-1-8(3-4-11(14)15)5-10(9)7-13/h1-5,12-13H,6-7H2. The van der Waals surface area contributed by atoms with Crippen molar-refractivity contribution in [3.63, 3.8) is 0 Å². The molecular formula is C10H11NO4. The van der Waals surface area contributed by atoms with Crippen LogP contribution in [0.3, 0.4) is 0 Å². The molecule has 0 amide bonds. The summed E-state index contributed by atoms with van der Waals surface area (Å²) in [6.45, 7) is -0.356. The van der Waals surface area contributed by atoms with Gasteiger partial charge in [-0.1, -0.05) is 12.1 Å². The fraction of sp³-hybridized carbons (Fsp3) is 0.200. The third kappa shape index (κ3) is 3.16. The topological polar surface area (TPSA) is 83.6 Å². The zero-order chi connectivity index (χ0) is 11.3. The van der Waals surface area contributed by atoms with Crippen LogP contribution >= 0.6 is 0 Å². The van der Waals surface area contributed by atoms with Gasteiger partial charge in [-0.05, 0) is 22.8 Å². The van der Waals surface area contributed by atoms with E-state index >= 15 is 0 Å². The fourth-order valence-electron chi connectivity index (χ4n) is 1.20. The van der Waals surface area contributed by atoms with E-state index in [0.29, 0.717) is 16.7 Å². The molecule has 0 aromatic heterocycles. The first kappa shape index (κ1) is 11.4. The zero-order valence-corrected chi connectivity index (χ0v) is 7.96. The maximum atomic E-state index is 10.1. The van der Waals surface area contributed by atoms with Crippen molar-refractivity contribution in [2.75, 3.05) is 0 Å². The molecule has 0 spiro atoms. The molecule has 0 aliphatic heterocycles. The molecule has 15 heavy (non-hydrogen) atoms. The average Bonchev–Trinajstić information content (AvgIpc) is 2.25. The summed E-state index contributed by atoms with van der Waals surface area (Å²) in [5, 5.41) is 28.0. The predicted octanol–water partition coefficient (Wildman–Crippen LogP) is 0.919. The third-order valence-electron chi connectivity index (χ3n) is 1.96. The number of rotatable bonds is 4. The van der Waals surface area contributed by atoms with Gasteiger partial charge in [0.2, 0.25) is 6.20 Å². The molecule has 5 heteroatoms. The Balaban J connectivity index is 2.97. The van der Waals surface area contributed by atoms with E-state index in [0.717, 1.165) is 6.20 Å². The minimum Gasteiger partial charge on any atom is -0.392 e. The van der Waals surface area contributed by atoms with Crippen molar-refractivity contribution in [3.05, 3.63) is 51.2 Å². The smallest absolute Gasteiger partial charge is 0.235 e. The molecular weight excluding hydrogens is 198 g/mol. The summed E-state index contributed by atoms with van der Waals surface area (Å²) in [6.07, 6.45) is 2.16. The third-order valence-corrected chi connectivity index (χ3v) is 1.96. The quantitative estimate of drug-likeness (QED) is 0.570. The SMILES string of the molecule is O=[N+]([O-])C=Cc1ccc(CO)c(CO)c1. The number of hydrogen-bond acceptors (Lipinski definition) is 4. The average molecular weight is 209 g/mol. The summed E-state index contributed by atoms with van der Waals surface area (Å²) in [5.41, 5.74) is 1.81. The Morgan fingerprint density at radius 2 is 1.93 bits per heavy atom. The van der Waals surface area contributed by atoms with E-state index in [2.05, 4.69) is 0 Å². The molecule has 0 aliphatic rings. The molecule has 1 aromatic rings. The summed E-state index contributed by atoms with van der Waals surface area (Å²) in [5.74, 6) is 0. The Morgan fingerprint density at radius 3 is 2.47 bits per heavy atom. The van der Waals surface area contributed by atoms with Crippen molar-refractivity contribution in [1.82, 2.24) is 0 Å². The monoisotopic (exact) mass is 209 g/mol. The number of aliphatic hydroxyl groups is 2. The number of aliphatic hydroxyl groups excluding tert-OH is 2. The molecule has 5 nitrogen and oxygen atoms in total. The zero-order valence-electron chi connectivity index (χ0n) is 7.96. The van der Waals surface area contributed by atoms with Crippen molar-refractivity contribution >= 4 is 6.08 Å². The minimum absolute atomic E-state index is 0.158. The lowest BCUT2D eigenvalue weighted by molar-refractivity contribution is -0.400. The number of hydrogen-bond donors (Lipinski definition) is 2. The summed E-state index contributed by atoms with van der Waals surface area (Å²) in [7, 11) is 0. The molecule has 1 rings (SSSR count). The first-order valence-corrected chi connectivity index (χ1v) is 4.32. The van der Waals surface area contributed by atoms with Gasteiger partial charge in [0.1, 0.15) is 0 Å². The van der Waals surface area contributed by atoms with Crippen LogP contribution in [0.4, 0.5) is 0 Å². The van der Waals surface area contributed by atoms with Crippen LogP contribution in [-0.4, -0.2) is 15.1 Å².